The van der Waals surface area contributed by atoms with Gasteiger partial charge in [0.2, 0.25) is 11.7 Å². The molecule has 0 aliphatic heterocycles. The first-order valence-electron chi connectivity index (χ1n) is 8.26. The van der Waals surface area contributed by atoms with Gasteiger partial charge in [0.05, 0.1) is 0 Å². The number of benzene rings is 2. The van der Waals surface area contributed by atoms with Crippen LogP contribution in [0, 0.1) is 0 Å². The molecule has 0 spiro atoms. The molecule has 5 N–H and O–H groups in total. The highest BCUT2D eigenvalue weighted by Crippen LogP contribution is 2.23. The molecule has 0 heterocycles. The summed E-state index contributed by atoms with van der Waals surface area (Å²) in [6.07, 6.45) is -0.953. The van der Waals surface area contributed by atoms with E-state index >= 15 is 0 Å². The predicted octanol–water partition coefficient (Wildman–Crippen LogP) is 1.17. The van der Waals surface area contributed by atoms with E-state index in [2.05, 4.69) is 0 Å². The lowest BCUT2D eigenvalue weighted by molar-refractivity contribution is -0.192. The van der Waals surface area contributed by atoms with Gasteiger partial charge in [-0.3, -0.25) is 0 Å². The van der Waals surface area contributed by atoms with E-state index in [4.69, 9.17) is 4.74 Å². The van der Waals surface area contributed by atoms with Gasteiger partial charge in [0, 0.05) is 12.5 Å². The van der Waals surface area contributed by atoms with Gasteiger partial charge < -0.3 is 30.3 Å². The lowest BCUT2D eigenvalue weighted by Crippen LogP contribution is -2.56. The van der Waals surface area contributed by atoms with Gasteiger partial charge in [-0.05, 0) is 41.5 Å². The van der Waals surface area contributed by atoms with Crippen molar-refractivity contribution in [2.75, 3.05) is 0 Å². The largest absolute Gasteiger partial charge is 0.508 e. The number of carbonyl (C=O) groups excluding carboxylic acids is 1. The number of rotatable bonds is 8. The van der Waals surface area contributed by atoms with Gasteiger partial charge in [-0.15, -0.1) is 0 Å². The second-order valence-corrected chi connectivity index (χ2v) is 6.15. The average Bonchev–Trinajstić information content (AvgIpc) is 2.67. The third kappa shape index (κ3) is 5.56. The molecule has 2 atom stereocenters. The van der Waals surface area contributed by atoms with Crippen LogP contribution in [0.1, 0.15) is 11.1 Å². The summed E-state index contributed by atoms with van der Waals surface area (Å²) in [5.41, 5.74) is -2.26. The fourth-order valence-corrected chi connectivity index (χ4v) is 2.46. The Morgan fingerprint density at radius 2 is 1.45 bits per heavy atom. The highest BCUT2D eigenvalue weighted by atomic mass is 16.6. The van der Waals surface area contributed by atoms with Crippen molar-refractivity contribution < 1.29 is 44.7 Å². The maximum Gasteiger partial charge on any atom is 0.348 e. The van der Waals surface area contributed by atoms with E-state index < -0.39 is 36.0 Å². The van der Waals surface area contributed by atoms with Crippen LogP contribution < -0.4 is 0 Å². The van der Waals surface area contributed by atoms with Crippen LogP contribution in [0.2, 0.25) is 0 Å². The molecular formula is C20H18O9. The van der Waals surface area contributed by atoms with Crippen molar-refractivity contribution in [2.24, 2.45) is 0 Å². The zero-order valence-electron chi connectivity index (χ0n) is 14.9. The van der Waals surface area contributed by atoms with Crippen LogP contribution in [0.3, 0.4) is 0 Å². The topological polar surface area (TPSA) is 162 Å². The smallest absolute Gasteiger partial charge is 0.348 e. The number of aliphatic hydroxyl groups is 1. The van der Waals surface area contributed by atoms with Crippen molar-refractivity contribution >= 4 is 24.0 Å². The van der Waals surface area contributed by atoms with Crippen LogP contribution in [0.15, 0.2) is 54.6 Å². The highest BCUT2D eigenvalue weighted by Gasteiger charge is 2.51. The summed E-state index contributed by atoms with van der Waals surface area (Å²) in [4.78, 5) is 35.2. The number of hydrogen-bond donors (Lipinski definition) is 5. The maximum absolute atomic E-state index is 12.0. The maximum atomic E-state index is 12.0. The van der Waals surface area contributed by atoms with Gasteiger partial charge in [0.25, 0.3) is 0 Å². The zero-order chi connectivity index (χ0) is 21.6. The lowest BCUT2D eigenvalue weighted by Gasteiger charge is -2.29. The molecule has 9 heteroatoms. The Hall–Kier alpha value is -3.85. The van der Waals surface area contributed by atoms with E-state index in [1.807, 2.05) is 0 Å². The summed E-state index contributed by atoms with van der Waals surface area (Å²) in [5, 5.41) is 47.8. The molecule has 0 radical (unpaired) electrons. The van der Waals surface area contributed by atoms with E-state index in [1.165, 1.54) is 54.6 Å². The fourth-order valence-electron chi connectivity index (χ4n) is 2.46. The molecular weight excluding hydrogens is 384 g/mol. The second kappa shape index (κ2) is 8.89. The van der Waals surface area contributed by atoms with Gasteiger partial charge in [0.1, 0.15) is 11.5 Å². The molecule has 0 amide bonds. The number of aromatic hydroxyl groups is 2. The van der Waals surface area contributed by atoms with Gasteiger partial charge >= 0.3 is 17.9 Å². The summed E-state index contributed by atoms with van der Waals surface area (Å²) in [6, 6.07) is 10.8. The minimum absolute atomic E-state index is 0.0106. The molecule has 29 heavy (non-hydrogen) atoms. The van der Waals surface area contributed by atoms with Gasteiger partial charge in [-0.25, -0.2) is 14.4 Å². The number of aliphatic carboxylic acids is 2. The van der Waals surface area contributed by atoms with Crippen molar-refractivity contribution in [3.63, 3.8) is 0 Å². The van der Waals surface area contributed by atoms with Crippen molar-refractivity contribution in [2.45, 2.75) is 18.1 Å². The number of carboxylic acids is 2. The van der Waals surface area contributed by atoms with E-state index in [-0.39, 0.29) is 17.1 Å². The molecule has 0 saturated heterocycles. The first kappa shape index (κ1) is 21.5. The Kier molecular flexibility index (Phi) is 6.58. The van der Waals surface area contributed by atoms with E-state index in [0.717, 1.165) is 6.08 Å². The summed E-state index contributed by atoms with van der Waals surface area (Å²) in [6.45, 7) is 0. The molecule has 0 bridgehead atoms. The molecule has 0 aromatic heterocycles. The van der Waals surface area contributed by atoms with Crippen molar-refractivity contribution in [3.8, 4) is 11.5 Å². The Morgan fingerprint density at radius 1 is 0.931 bits per heavy atom. The quantitative estimate of drug-likeness (QED) is 0.322. The average molecular weight is 402 g/mol. The monoisotopic (exact) mass is 402 g/mol. The highest BCUT2D eigenvalue weighted by molar-refractivity contribution is 5.92. The molecule has 2 rings (SSSR count). The van der Waals surface area contributed by atoms with Crippen LogP contribution in [0.4, 0.5) is 0 Å². The molecule has 152 valence electrons. The Morgan fingerprint density at radius 3 is 1.93 bits per heavy atom. The molecule has 2 aromatic carbocycles. The number of phenolic OH excluding ortho intramolecular Hbond substituents is 2. The number of ether oxygens (including phenoxy) is 1. The number of carbonyl (C=O) groups is 3. The van der Waals surface area contributed by atoms with Gasteiger partial charge in [-0.1, -0.05) is 24.3 Å². The van der Waals surface area contributed by atoms with Crippen molar-refractivity contribution in [3.05, 3.63) is 65.7 Å². The number of phenols is 2. The molecule has 0 aliphatic rings. The van der Waals surface area contributed by atoms with Crippen LogP contribution in [0.25, 0.3) is 6.08 Å². The Bertz CT molecular complexity index is 916. The SMILES string of the molecule is O=C(/C=C\c1ccc(O)cc1)O[C@H](C(=O)O)[C@](O)(Cc1ccc(O)cc1)C(=O)O. The number of carboxylic acid groups (broad SMARTS) is 2. The van der Waals surface area contributed by atoms with Gasteiger partial charge in [-0.2, -0.15) is 0 Å². The molecule has 0 aliphatic carbocycles. The Labute approximate surface area is 164 Å². The van der Waals surface area contributed by atoms with Crippen LogP contribution in [-0.4, -0.2) is 55.1 Å². The molecule has 9 nitrogen and oxygen atoms in total. The van der Waals surface area contributed by atoms with Crippen LogP contribution >= 0.6 is 0 Å². The standard InChI is InChI=1S/C20H18O9/c21-14-6-1-12(2-7-14)5-10-16(23)29-17(18(24)25)20(28,19(26)27)11-13-3-8-15(22)9-4-13/h1-10,17,21-22,28H,11H2,(H,24,25)(H,26,27)/b10-5-/t17-,20-/m1/s1. The van der Waals surface area contributed by atoms with Crippen LogP contribution in [-0.2, 0) is 25.5 Å². The lowest BCUT2D eigenvalue weighted by atomic mass is 9.88. The van der Waals surface area contributed by atoms with Crippen molar-refractivity contribution in [1.29, 1.82) is 0 Å². The summed E-state index contributed by atoms with van der Waals surface area (Å²) in [5.74, 6) is -5.02. The third-order valence-electron chi connectivity index (χ3n) is 3.98. The first-order valence-corrected chi connectivity index (χ1v) is 8.26. The molecule has 0 fully saturated rings. The minimum atomic E-state index is -2.95. The summed E-state index contributed by atoms with van der Waals surface area (Å²) in [7, 11) is 0. The second-order valence-electron chi connectivity index (χ2n) is 6.15. The molecule has 0 unspecified atom stereocenters. The molecule has 2 aromatic rings. The predicted molar refractivity (Wildman–Crippen MR) is 99.1 cm³/mol. The zero-order valence-corrected chi connectivity index (χ0v) is 14.9. The van der Waals surface area contributed by atoms with E-state index in [9.17, 15) is 39.9 Å². The summed E-state index contributed by atoms with van der Waals surface area (Å²) >= 11 is 0. The van der Waals surface area contributed by atoms with E-state index in [0.29, 0.717) is 5.56 Å². The summed E-state index contributed by atoms with van der Waals surface area (Å²) < 4.78 is 4.72. The van der Waals surface area contributed by atoms with E-state index in [1.54, 1.807) is 0 Å². The van der Waals surface area contributed by atoms with Crippen LogP contribution in [0.5, 0.6) is 11.5 Å². The van der Waals surface area contributed by atoms with Crippen molar-refractivity contribution in [1.82, 2.24) is 0 Å². The third-order valence-corrected chi connectivity index (χ3v) is 3.98. The minimum Gasteiger partial charge on any atom is -0.508 e. The number of esters is 1. The number of hydrogen-bond acceptors (Lipinski definition) is 7. The first-order chi connectivity index (χ1) is 13.6. The normalized spacial score (nSPS) is 14.1. The van der Waals surface area contributed by atoms with Gasteiger partial charge in [0.15, 0.2) is 0 Å². The fraction of sp³-hybridized carbons (Fsp3) is 0.150. The Balaban J connectivity index is 2.22. The molecule has 0 saturated carbocycles.